The van der Waals surface area contributed by atoms with E-state index < -0.39 is 12.3 Å². The molecule has 16 nitrogen and oxygen atoms in total. The summed E-state index contributed by atoms with van der Waals surface area (Å²) in [6.45, 7) is 0. The predicted molar refractivity (Wildman–Crippen MR) is 51.6 cm³/mol. The predicted octanol–water partition coefficient (Wildman–Crippen LogP) is -17.4. The maximum absolute atomic E-state index is 9.06. The van der Waals surface area contributed by atoms with Crippen molar-refractivity contribution in [3.8, 4) is 0 Å². The maximum atomic E-state index is 9.06. The molecule has 0 unspecified atom stereocenters. The van der Waals surface area contributed by atoms with Gasteiger partial charge in [0.1, 0.15) is 0 Å². The second kappa shape index (κ2) is 121. The summed E-state index contributed by atoms with van der Waals surface area (Å²) in [6, 6.07) is 0. The van der Waals surface area contributed by atoms with Crippen molar-refractivity contribution in [3.05, 3.63) is 0 Å². The Balaban J connectivity index is -0.00000000231. The summed E-state index contributed by atoms with van der Waals surface area (Å²) in [5.41, 5.74) is 0. The Kier molecular flexibility index (Phi) is 1160. The molecule has 0 aliphatic heterocycles. The van der Waals surface area contributed by atoms with Crippen LogP contribution in [-0.4, -0.2) is 72.5 Å². The summed E-state index contributed by atoms with van der Waals surface area (Å²) in [6.07, 6.45) is -4.25. The molecule has 0 amide bonds. The van der Waals surface area contributed by atoms with Gasteiger partial charge in [-0.25, -0.2) is 0 Å². The first-order chi connectivity index (χ1) is 3.13. The molecule has 0 rings (SSSR count). The van der Waals surface area contributed by atoms with E-state index in [0.29, 0.717) is 0 Å². The van der Waals surface area contributed by atoms with Gasteiger partial charge in [-0.05, 0) is 0 Å². The van der Waals surface area contributed by atoms with E-state index in [-0.39, 0.29) is 119 Å². The molecule has 0 saturated heterocycles. The van der Waals surface area contributed by atoms with Gasteiger partial charge in [0, 0.05) is 0 Å². The quantitative estimate of drug-likeness (QED) is 0.233. The molecule has 0 aromatic heterocycles. The van der Waals surface area contributed by atoms with Gasteiger partial charge in [-0.2, -0.15) is 0 Å². The van der Waals surface area contributed by atoms with Gasteiger partial charge >= 0.3 is 59.1 Å². The monoisotopic (exact) mass is 348 g/mol. The molecule has 0 heterocycles. The Bertz CT molecular complexity index is 94.6. The van der Waals surface area contributed by atoms with Crippen LogP contribution < -0.4 is 69.3 Å². The zero-order chi connectivity index (χ0) is 5.86. The summed E-state index contributed by atoms with van der Waals surface area (Å²) in [7, 11) is 0. The maximum Gasteiger partial charge on any atom is 1.00 e. The molecule has 0 bridgehead atoms. The number of carbonyl (C=O) groups is 2. The minimum Gasteiger partial charge on any atom is -0.483 e. The average molecular weight is 348 g/mol. The third-order valence-electron chi connectivity index (χ3n) is 0.167. The minimum atomic E-state index is -2.12. The van der Waals surface area contributed by atoms with Crippen molar-refractivity contribution >= 4 is 12.3 Å². The zero-order valence-corrected chi connectivity index (χ0v) is 14.5. The number of carbonyl (C=O) groups excluding carboxylic acids is 2. The number of hydrogen-bond acceptors (Lipinski definition) is 5. The molecular formula is C2H22Na2O16. The van der Waals surface area contributed by atoms with Gasteiger partial charge in [-0.3, -0.25) is 0 Å². The van der Waals surface area contributed by atoms with Crippen LogP contribution in [0.1, 0.15) is 0 Å². The third-order valence-corrected chi connectivity index (χ3v) is 0.167. The number of ether oxygens (including phenoxy) is 1. The standard InChI is InChI=1S/C2H2O5.2Na.11H2O/c3-1(4)7-2(5)6;;;;;;;;;;;;;/h(H,3,4)(H,5,6);;;11*1H2/q;2*+1;;;;;;;;;;;/p-2. The molecule has 0 aromatic rings. The van der Waals surface area contributed by atoms with E-state index >= 15 is 0 Å². The summed E-state index contributed by atoms with van der Waals surface area (Å²) in [5.74, 6) is 0. The van der Waals surface area contributed by atoms with E-state index in [9.17, 15) is 0 Å². The van der Waals surface area contributed by atoms with Crippen molar-refractivity contribution in [2.75, 3.05) is 0 Å². The van der Waals surface area contributed by atoms with Gasteiger partial charge in [0.2, 0.25) is 0 Å². The fraction of sp³-hybridized carbons (Fsp3) is 0. The van der Waals surface area contributed by atoms with E-state index in [0.717, 1.165) is 0 Å². The molecule has 0 aromatic carbocycles. The molecule has 18 heteroatoms. The second-order valence-corrected chi connectivity index (χ2v) is 0.602. The van der Waals surface area contributed by atoms with Crippen molar-refractivity contribution in [1.29, 1.82) is 0 Å². The van der Waals surface area contributed by atoms with Crippen LogP contribution in [0.25, 0.3) is 0 Å². The van der Waals surface area contributed by atoms with Gasteiger partial charge in [0.05, 0.1) is 0 Å². The number of rotatable bonds is 0. The van der Waals surface area contributed by atoms with Gasteiger partial charge in [-0.1, -0.05) is 0 Å². The van der Waals surface area contributed by atoms with Crippen molar-refractivity contribution < 1.29 is 144 Å². The summed E-state index contributed by atoms with van der Waals surface area (Å²) >= 11 is 0. The first-order valence-electron chi connectivity index (χ1n) is 1.22. The molecule has 0 radical (unpaired) electrons. The topological polar surface area (TPSA) is 436 Å². The van der Waals surface area contributed by atoms with E-state index in [1.165, 1.54) is 0 Å². The molecule has 0 aliphatic carbocycles. The summed E-state index contributed by atoms with van der Waals surface area (Å²) < 4.78 is 2.86. The van der Waals surface area contributed by atoms with Gasteiger partial charge in [0.25, 0.3) is 12.3 Å². The Labute approximate surface area is 155 Å². The van der Waals surface area contributed by atoms with Crippen LogP contribution in [0.3, 0.4) is 0 Å². The first kappa shape index (κ1) is 191. The first-order valence-corrected chi connectivity index (χ1v) is 1.22. The molecule has 0 atom stereocenters. The van der Waals surface area contributed by atoms with Crippen LogP contribution >= 0.6 is 0 Å². The Hall–Kier alpha value is 0.300. The fourth-order valence-corrected chi connectivity index (χ4v) is 0.0680. The van der Waals surface area contributed by atoms with E-state index in [2.05, 4.69) is 4.74 Å². The van der Waals surface area contributed by atoms with E-state index in [1.54, 1.807) is 0 Å². The molecule has 0 spiro atoms. The van der Waals surface area contributed by atoms with E-state index in [4.69, 9.17) is 19.8 Å². The fourth-order valence-electron chi connectivity index (χ4n) is 0.0680. The summed E-state index contributed by atoms with van der Waals surface area (Å²) in [4.78, 5) is 18.1. The van der Waals surface area contributed by atoms with Crippen molar-refractivity contribution in [1.82, 2.24) is 0 Å². The Morgan fingerprint density at radius 3 is 0.600 bits per heavy atom. The van der Waals surface area contributed by atoms with Crippen molar-refractivity contribution in [2.45, 2.75) is 0 Å². The van der Waals surface area contributed by atoms with Gasteiger partial charge in [-0.15, -0.1) is 0 Å². The molecule has 128 valence electrons. The van der Waals surface area contributed by atoms with Gasteiger partial charge < -0.3 is 84.8 Å². The molecule has 22 N–H and O–H groups in total. The number of carboxylic acid groups (broad SMARTS) is 2. The second-order valence-electron chi connectivity index (χ2n) is 0.602. The van der Waals surface area contributed by atoms with Crippen LogP contribution in [0, 0.1) is 0 Å². The molecule has 0 fully saturated rings. The molecule has 0 saturated carbocycles. The third kappa shape index (κ3) is 296. The molecule has 20 heavy (non-hydrogen) atoms. The van der Waals surface area contributed by atoms with Crippen LogP contribution in [0.15, 0.2) is 0 Å². The smallest absolute Gasteiger partial charge is 0.483 e. The Morgan fingerprint density at radius 1 is 0.500 bits per heavy atom. The SMILES string of the molecule is O.O.O.O.O.O.O.O.O.O.O.O=C([O-])OC(=O)[O-].[Na+].[Na+]. The molecule has 0 aliphatic rings. The van der Waals surface area contributed by atoms with Gasteiger partial charge in [0.15, 0.2) is 0 Å². The van der Waals surface area contributed by atoms with E-state index in [1.807, 2.05) is 0 Å². The summed E-state index contributed by atoms with van der Waals surface area (Å²) in [5, 5.41) is 18.1. The minimum absolute atomic E-state index is 0. The average Bonchev–Trinajstić information content (AvgIpc) is 1.27. The number of hydrogen-bond donors (Lipinski definition) is 0. The zero-order valence-electron chi connectivity index (χ0n) is 10.5. The normalized spacial score (nSPS) is 2.60. The van der Waals surface area contributed by atoms with Crippen molar-refractivity contribution in [3.63, 3.8) is 0 Å². The van der Waals surface area contributed by atoms with Crippen molar-refractivity contribution in [2.24, 2.45) is 0 Å². The van der Waals surface area contributed by atoms with Crippen LogP contribution in [0.4, 0.5) is 9.59 Å². The van der Waals surface area contributed by atoms with Crippen LogP contribution in [-0.2, 0) is 4.74 Å². The molecular weight excluding hydrogens is 326 g/mol. The Morgan fingerprint density at radius 2 is 0.600 bits per heavy atom. The van der Waals surface area contributed by atoms with Crippen LogP contribution in [0.5, 0.6) is 0 Å². The largest absolute Gasteiger partial charge is 1.00 e. The van der Waals surface area contributed by atoms with Crippen LogP contribution in [0.2, 0.25) is 0 Å².